The largest absolute Gasteiger partial charge is 0.497 e. The number of hydrogen-bond acceptors (Lipinski definition) is 3. The molecule has 4 rings (SSSR count). The minimum Gasteiger partial charge on any atom is -0.497 e. The lowest BCUT2D eigenvalue weighted by molar-refractivity contribution is -0.122. The van der Waals surface area contributed by atoms with E-state index in [-0.39, 0.29) is 29.8 Å². The van der Waals surface area contributed by atoms with Crippen molar-refractivity contribution in [3.63, 3.8) is 0 Å². The molecule has 0 bridgehead atoms. The van der Waals surface area contributed by atoms with Gasteiger partial charge in [-0.25, -0.2) is 0 Å². The van der Waals surface area contributed by atoms with Crippen molar-refractivity contribution in [2.45, 2.75) is 39.3 Å². The van der Waals surface area contributed by atoms with Gasteiger partial charge in [0.25, 0.3) is 5.91 Å². The van der Waals surface area contributed by atoms with Gasteiger partial charge in [-0.15, -0.1) is 0 Å². The first-order valence-corrected chi connectivity index (χ1v) is 11.4. The number of para-hydroxylation sites is 2. The molecule has 1 aliphatic rings. The van der Waals surface area contributed by atoms with Crippen LogP contribution in [0.4, 0.5) is 11.4 Å². The molecule has 0 N–H and O–H groups in total. The van der Waals surface area contributed by atoms with Crippen LogP contribution in [0.2, 0.25) is 0 Å². The molecule has 2 atom stereocenters. The van der Waals surface area contributed by atoms with E-state index in [2.05, 4.69) is 6.92 Å². The fraction of sp³-hybridized carbons (Fsp3) is 0.286. The third-order valence-electron chi connectivity index (χ3n) is 6.19. The first kappa shape index (κ1) is 22.6. The third-order valence-corrected chi connectivity index (χ3v) is 6.19. The average molecular weight is 443 g/mol. The van der Waals surface area contributed by atoms with E-state index in [1.54, 1.807) is 31.4 Å². The van der Waals surface area contributed by atoms with Gasteiger partial charge in [0.2, 0.25) is 5.91 Å². The zero-order valence-electron chi connectivity index (χ0n) is 19.6. The summed E-state index contributed by atoms with van der Waals surface area (Å²) in [6, 6.07) is 24.6. The van der Waals surface area contributed by atoms with Crippen molar-refractivity contribution in [3.05, 3.63) is 90.0 Å². The second-order valence-electron chi connectivity index (χ2n) is 8.76. The Labute approximate surface area is 195 Å². The van der Waals surface area contributed by atoms with Crippen LogP contribution in [-0.2, 0) is 4.79 Å². The molecule has 3 aromatic carbocycles. The molecule has 170 valence electrons. The lowest BCUT2D eigenvalue weighted by Gasteiger charge is -2.44. The zero-order valence-corrected chi connectivity index (χ0v) is 19.6. The van der Waals surface area contributed by atoms with Crippen molar-refractivity contribution in [2.24, 2.45) is 5.92 Å². The lowest BCUT2D eigenvalue weighted by atomic mass is 9.88. The monoisotopic (exact) mass is 442 g/mol. The van der Waals surface area contributed by atoms with Gasteiger partial charge in [-0.05, 0) is 61.4 Å². The van der Waals surface area contributed by atoms with Gasteiger partial charge in [0.15, 0.2) is 0 Å². The Morgan fingerprint density at radius 1 is 0.939 bits per heavy atom. The molecule has 33 heavy (non-hydrogen) atoms. The maximum absolute atomic E-state index is 13.9. The van der Waals surface area contributed by atoms with Crippen molar-refractivity contribution in [3.8, 4) is 5.75 Å². The number of nitrogens with zero attached hydrogens (tertiary/aromatic N) is 2. The number of ether oxygens (including phenoxy) is 1. The van der Waals surface area contributed by atoms with E-state index in [4.69, 9.17) is 4.74 Å². The number of benzene rings is 3. The van der Waals surface area contributed by atoms with Gasteiger partial charge in [-0.3, -0.25) is 9.59 Å². The Balaban J connectivity index is 1.82. The maximum atomic E-state index is 13.9. The van der Waals surface area contributed by atoms with Crippen LogP contribution in [0.1, 0.15) is 49.2 Å². The number of methoxy groups -OCH3 is 1. The standard InChI is InChI=1S/C28H30N2O3/c1-19(2)27(31)29-20(3)18-26(24-12-8-9-13-25(24)29)30(22-10-6-5-7-11-22)28(32)21-14-16-23(33-4)17-15-21/h5-17,19-20,26H,18H2,1-4H3. The summed E-state index contributed by atoms with van der Waals surface area (Å²) in [4.78, 5) is 30.7. The summed E-state index contributed by atoms with van der Waals surface area (Å²) in [7, 11) is 1.61. The highest BCUT2D eigenvalue weighted by Gasteiger charge is 2.39. The Morgan fingerprint density at radius 3 is 2.21 bits per heavy atom. The van der Waals surface area contributed by atoms with Gasteiger partial charge < -0.3 is 14.5 Å². The smallest absolute Gasteiger partial charge is 0.258 e. The molecule has 5 nitrogen and oxygen atoms in total. The van der Waals surface area contributed by atoms with E-state index in [0.717, 1.165) is 16.9 Å². The van der Waals surface area contributed by atoms with Crippen LogP contribution in [0.5, 0.6) is 5.75 Å². The second kappa shape index (κ2) is 9.49. The summed E-state index contributed by atoms with van der Waals surface area (Å²) >= 11 is 0. The predicted octanol–water partition coefficient (Wildman–Crippen LogP) is 5.86. The second-order valence-corrected chi connectivity index (χ2v) is 8.76. The van der Waals surface area contributed by atoms with Crippen LogP contribution in [0, 0.1) is 5.92 Å². The first-order chi connectivity index (χ1) is 15.9. The van der Waals surface area contributed by atoms with Crippen molar-refractivity contribution in [2.75, 3.05) is 16.9 Å². The van der Waals surface area contributed by atoms with Gasteiger partial charge in [0, 0.05) is 28.9 Å². The Morgan fingerprint density at radius 2 is 1.58 bits per heavy atom. The summed E-state index contributed by atoms with van der Waals surface area (Å²) < 4.78 is 5.26. The molecule has 0 aliphatic carbocycles. The van der Waals surface area contributed by atoms with Gasteiger partial charge >= 0.3 is 0 Å². The molecule has 0 spiro atoms. The molecule has 0 radical (unpaired) electrons. The molecule has 2 unspecified atom stereocenters. The molecule has 1 aliphatic heterocycles. The molecular weight excluding hydrogens is 412 g/mol. The van der Waals surface area contributed by atoms with Crippen molar-refractivity contribution in [1.29, 1.82) is 0 Å². The van der Waals surface area contributed by atoms with Gasteiger partial charge in [-0.1, -0.05) is 50.2 Å². The average Bonchev–Trinajstić information content (AvgIpc) is 2.84. The van der Waals surface area contributed by atoms with E-state index in [1.165, 1.54) is 0 Å². The van der Waals surface area contributed by atoms with E-state index in [0.29, 0.717) is 17.7 Å². The van der Waals surface area contributed by atoms with E-state index in [9.17, 15) is 9.59 Å². The molecule has 0 aromatic heterocycles. The summed E-state index contributed by atoms with van der Waals surface area (Å²) in [5.74, 6) is 0.612. The number of anilines is 2. The number of carbonyl (C=O) groups is 2. The highest BCUT2D eigenvalue weighted by molar-refractivity contribution is 6.07. The molecule has 5 heteroatoms. The highest BCUT2D eigenvalue weighted by Crippen LogP contribution is 2.43. The zero-order chi connectivity index (χ0) is 23.5. The van der Waals surface area contributed by atoms with Crippen LogP contribution in [0.25, 0.3) is 0 Å². The molecule has 1 heterocycles. The minimum atomic E-state index is -0.204. The number of carbonyl (C=O) groups excluding carboxylic acids is 2. The van der Waals surface area contributed by atoms with E-state index < -0.39 is 0 Å². The van der Waals surface area contributed by atoms with Crippen LogP contribution in [0.15, 0.2) is 78.9 Å². The highest BCUT2D eigenvalue weighted by atomic mass is 16.5. The van der Waals surface area contributed by atoms with Crippen molar-refractivity contribution < 1.29 is 14.3 Å². The third kappa shape index (κ3) is 4.36. The fourth-order valence-electron chi connectivity index (χ4n) is 4.54. The Bertz CT molecular complexity index is 1130. The number of amides is 2. The van der Waals surface area contributed by atoms with Gasteiger partial charge in [0.05, 0.1) is 13.2 Å². The lowest BCUT2D eigenvalue weighted by Crippen LogP contribution is -2.49. The molecule has 0 saturated heterocycles. The van der Waals surface area contributed by atoms with Crippen LogP contribution < -0.4 is 14.5 Å². The molecule has 0 saturated carbocycles. The summed E-state index contributed by atoms with van der Waals surface area (Å²) in [6.45, 7) is 5.91. The van der Waals surface area contributed by atoms with E-state index in [1.807, 2.05) is 78.2 Å². The topological polar surface area (TPSA) is 49.9 Å². The normalized spacial score (nSPS) is 17.4. The summed E-state index contributed by atoms with van der Waals surface area (Å²) in [5, 5.41) is 0. The van der Waals surface area contributed by atoms with Crippen LogP contribution >= 0.6 is 0 Å². The van der Waals surface area contributed by atoms with Crippen molar-refractivity contribution >= 4 is 23.2 Å². The predicted molar refractivity (Wildman–Crippen MR) is 132 cm³/mol. The summed E-state index contributed by atoms with van der Waals surface area (Å²) in [5.41, 5.74) is 3.28. The first-order valence-electron chi connectivity index (χ1n) is 11.4. The van der Waals surface area contributed by atoms with E-state index >= 15 is 0 Å². The molecule has 3 aromatic rings. The Hall–Kier alpha value is -3.60. The SMILES string of the molecule is COc1ccc(C(=O)N(c2ccccc2)C2CC(C)N(C(=O)C(C)C)c3ccccc32)cc1. The number of hydrogen-bond donors (Lipinski definition) is 0. The molecule has 2 amide bonds. The molecule has 0 fully saturated rings. The van der Waals surface area contributed by atoms with Crippen LogP contribution in [-0.4, -0.2) is 25.0 Å². The van der Waals surface area contributed by atoms with Gasteiger partial charge in [-0.2, -0.15) is 0 Å². The number of rotatable bonds is 5. The number of fused-ring (bicyclic) bond motifs is 1. The maximum Gasteiger partial charge on any atom is 0.258 e. The Kier molecular flexibility index (Phi) is 6.50. The minimum absolute atomic E-state index is 0.0466. The molecular formula is C28H30N2O3. The van der Waals surface area contributed by atoms with Crippen LogP contribution in [0.3, 0.4) is 0 Å². The quantitative estimate of drug-likeness (QED) is 0.497. The van der Waals surface area contributed by atoms with Gasteiger partial charge in [0.1, 0.15) is 5.75 Å². The summed E-state index contributed by atoms with van der Waals surface area (Å²) in [6.07, 6.45) is 0.645. The van der Waals surface area contributed by atoms with Crippen molar-refractivity contribution in [1.82, 2.24) is 0 Å². The fourth-order valence-corrected chi connectivity index (χ4v) is 4.54.